The quantitative estimate of drug-likeness (QED) is 0.330. The average Bonchev–Trinajstić information content (AvgIpc) is 3.30. The SMILES string of the molecule is COC(=O)COc1ccc(CCn2c(=O)c3c(nc(N4CCCC(N)C4)n3CC=C(C)C)n(C)c2=O)cc1. The molecule has 2 aromatic heterocycles. The van der Waals surface area contributed by atoms with E-state index in [1.54, 1.807) is 19.2 Å². The molecule has 0 aliphatic carbocycles. The minimum atomic E-state index is -0.463. The van der Waals surface area contributed by atoms with Gasteiger partial charge in [0.15, 0.2) is 17.8 Å². The molecule has 0 radical (unpaired) electrons. The van der Waals surface area contributed by atoms with Gasteiger partial charge in [0, 0.05) is 39.3 Å². The standard InChI is InChI=1S/C27H36N6O5/c1-18(2)11-14-32-23-24(29-26(32)31-13-5-6-20(28)16-31)30(3)27(36)33(25(23)35)15-12-19-7-9-21(10-8-19)38-17-22(34)37-4/h7-11,20H,5-6,12-17,28H2,1-4H3. The van der Waals surface area contributed by atoms with Gasteiger partial charge in [-0.05, 0) is 50.8 Å². The van der Waals surface area contributed by atoms with E-state index in [1.807, 2.05) is 36.6 Å². The number of piperidine rings is 1. The van der Waals surface area contributed by atoms with E-state index in [0.29, 0.717) is 42.4 Å². The summed E-state index contributed by atoms with van der Waals surface area (Å²) in [5.41, 5.74) is 8.30. The number of aryl methyl sites for hydroxylation is 2. The lowest BCUT2D eigenvalue weighted by Gasteiger charge is -2.31. The number of benzene rings is 1. The number of esters is 1. The summed E-state index contributed by atoms with van der Waals surface area (Å²) in [5, 5.41) is 0. The summed E-state index contributed by atoms with van der Waals surface area (Å²) < 4.78 is 14.6. The minimum absolute atomic E-state index is 0.0400. The Bertz CT molecular complexity index is 1450. The maximum atomic E-state index is 13.7. The maximum Gasteiger partial charge on any atom is 0.343 e. The van der Waals surface area contributed by atoms with Gasteiger partial charge in [-0.1, -0.05) is 23.8 Å². The Morgan fingerprint density at radius 2 is 1.92 bits per heavy atom. The lowest BCUT2D eigenvalue weighted by atomic mass is 10.1. The molecule has 1 aromatic carbocycles. The molecular weight excluding hydrogens is 488 g/mol. The van der Waals surface area contributed by atoms with Crippen molar-refractivity contribution in [2.24, 2.45) is 12.8 Å². The normalized spacial score (nSPS) is 15.5. The van der Waals surface area contributed by atoms with Crippen LogP contribution in [0, 0.1) is 0 Å². The number of allylic oxidation sites excluding steroid dienone is 2. The van der Waals surface area contributed by atoms with E-state index in [9.17, 15) is 14.4 Å². The van der Waals surface area contributed by atoms with Crippen molar-refractivity contribution in [1.29, 1.82) is 0 Å². The number of imidazole rings is 1. The molecule has 0 spiro atoms. The number of aromatic nitrogens is 4. The number of nitrogens with zero attached hydrogens (tertiary/aromatic N) is 5. The van der Waals surface area contributed by atoms with E-state index in [2.05, 4.69) is 9.64 Å². The van der Waals surface area contributed by atoms with Crippen LogP contribution in [0.4, 0.5) is 5.95 Å². The molecule has 1 fully saturated rings. The molecule has 1 unspecified atom stereocenters. The molecule has 0 bridgehead atoms. The van der Waals surface area contributed by atoms with Gasteiger partial charge in [0.1, 0.15) is 5.75 Å². The third-order valence-corrected chi connectivity index (χ3v) is 6.77. The predicted octanol–water partition coefficient (Wildman–Crippen LogP) is 1.58. The van der Waals surface area contributed by atoms with Crippen molar-refractivity contribution in [3.05, 3.63) is 62.3 Å². The zero-order chi connectivity index (χ0) is 27.4. The summed E-state index contributed by atoms with van der Waals surface area (Å²) in [6.45, 7) is 5.98. The van der Waals surface area contributed by atoms with Crippen LogP contribution in [0.5, 0.6) is 5.75 Å². The first-order valence-corrected chi connectivity index (χ1v) is 12.8. The van der Waals surface area contributed by atoms with Crippen LogP contribution in [0.25, 0.3) is 11.2 Å². The van der Waals surface area contributed by atoms with E-state index >= 15 is 0 Å². The Balaban J connectivity index is 1.67. The van der Waals surface area contributed by atoms with Gasteiger partial charge >= 0.3 is 11.7 Å². The van der Waals surface area contributed by atoms with Gasteiger partial charge < -0.3 is 24.7 Å². The van der Waals surface area contributed by atoms with Gasteiger partial charge in [-0.2, -0.15) is 4.98 Å². The molecule has 38 heavy (non-hydrogen) atoms. The summed E-state index contributed by atoms with van der Waals surface area (Å²) in [4.78, 5) is 45.1. The highest BCUT2D eigenvalue weighted by Crippen LogP contribution is 2.23. The number of rotatable bonds is 9. The molecule has 11 nitrogen and oxygen atoms in total. The summed E-state index contributed by atoms with van der Waals surface area (Å²) in [6.07, 6.45) is 4.41. The number of ether oxygens (including phenoxy) is 2. The van der Waals surface area contributed by atoms with Gasteiger partial charge in [-0.3, -0.25) is 13.9 Å². The molecule has 4 rings (SSSR count). The molecular formula is C27H36N6O5. The Kier molecular flexibility index (Phi) is 8.35. The summed E-state index contributed by atoms with van der Waals surface area (Å²) >= 11 is 0. The number of nitrogens with two attached hydrogens (primary N) is 1. The molecule has 204 valence electrons. The molecule has 1 aliphatic rings. The largest absolute Gasteiger partial charge is 0.482 e. The third-order valence-electron chi connectivity index (χ3n) is 6.77. The molecule has 0 amide bonds. The molecule has 2 N–H and O–H groups in total. The molecule has 0 saturated carbocycles. The van der Waals surface area contributed by atoms with Gasteiger partial charge in [-0.25, -0.2) is 9.59 Å². The topological polar surface area (TPSA) is 127 Å². The molecule has 3 heterocycles. The highest BCUT2D eigenvalue weighted by atomic mass is 16.6. The second-order valence-corrected chi connectivity index (χ2v) is 9.88. The van der Waals surface area contributed by atoms with Crippen molar-refractivity contribution in [2.45, 2.75) is 52.2 Å². The van der Waals surface area contributed by atoms with Crippen LogP contribution in [0.3, 0.4) is 0 Å². The van der Waals surface area contributed by atoms with Crippen molar-refractivity contribution in [2.75, 3.05) is 31.7 Å². The fourth-order valence-corrected chi connectivity index (χ4v) is 4.63. The van der Waals surface area contributed by atoms with Crippen molar-refractivity contribution < 1.29 is 14.3 Å². The lowest BCUT2D eigenvalue weighted by Crippen LogP contribution is -2.44. The molecule has 1 atom stereocenters. The number of hydrogen-bond acceptors (Lipinski definition) is 8. The van der Waals surface area contributed by atoms with Crippen LogP contribution in [0.15, 0.2) is 45.5 Å². The fourth-order valence-electron chi connectivity index (χ4n) is 4.63. The van der Waals surface area contributed by atoms with Gasteiger partial charge in [0.25, 0.3) is 5.56 Å². The van der Waals surface area contributed by atoms with Gasteiger partial charge in [0.2, 0.25) is 5.95 Å². The second-order valence-electron chi connectivity index (χ2n) is 9.88. The van der Waals surface area contributed by atoms with Crippen LogP contribution in [-0.4, -0.2) is 57.5 Å². The highest BCUT2D eigenvalue weighted by molar-refractivity contribution is 5.75. The van der Waals surface area contributed by atoms with Crippen molar-refractivity contribution in [1.82, 2.24) is 18.7 Å². The van der Waals surface area contributed by atoms with Crippen LogP contribution in [0.1, 0.15) is 32.3 Å². The Morgan fingerprint density at radius 1 is 1.18 bits per heavy atom. The highest BCUT2D eigenvalue weighted by Gasteiger charge is 2.26. The van der Waals surface area contributed by atoms with Crippen LogP contribution in [-0.2, 0) is 36.1 Å². The van der Waals surface area contributed by atoms with Gasteiger partial charge in [-0.15, -0.1) is 0 Å². The molecule has 11 heteroatoms. The first-order chi connectivity index (χ1) is 18.2. The van der Waals surface area contributed by atoms with Crippen molar-refractivity contribution >= 4 is 23.1 Å². The Morgan fingerprint density at radius 3 is 2.58 bits per heavy atom. The smallest absolute Gasteiger partial charge is 0.343 e. The number of anilines is 1. The van der Waals surface area contributed by atoms with E-state index in [4.69, 9.17) is 15.5 Å². The van der Waals surface area contributed by atoms with Crippen molar-refractivity contribution in [3.8, 4) is 5.75 Å². The number of carbonyl (C=O) groups is 1. The first kappa shape index (κ1) is 27.2. The third kappa shape index (κ3) is 5.83. The Hall–Kier alpha value is -3.86. The van der Waals surface area contributed by atoms with E-state index in [1.165, 1.54) is 16.2 Å². The number of fused-ring (bicyclic) bond motifs is 1. The second kappa shape index (κ2) is 11.7. The van der Waals surface area contributed by atoms with E-state index in [-0.39, 0.29) is 24.8 Å². The van der Waals surface area contributed by atoms with Crippen LogP contribution < -0.4 is 26.6 Å². The van der Waals surface area contributed by atoms with E-state index in [0.717, 1.165) is 30.5 Å². The lowest BCUT2D eigenvalue weighted by molar-refractivity contribution is -0.142. The number of carbonyl (C=O) groups excluding carboxylic acids is 1. The van der Waals surface area contributed by atoms with Crippen LogP contribution in [0.2, 0.25) is 0 Å². The number of methoxy groups -OCH3 is 1. The average molecular weight is 525 g/mol. The van der Waals surface area contributed by atoms with Crippen LogP contribution >= 0.6 is 0 Å². The minimum Gasteiger partial charge on any atom is -0.482 e. The number of hydrogen-bond donors (Lipinski definition) is 1. The zero-order valence-electron chi connectivity index (χ0n) is 22.5. The maximum absolute atomic E-state index is 13.7. The predicted molar refractivity (Wildman–Crippen MR) is 146 cm³/mol. The fraction of sp³-hybridized carbons (Fsp3) is 0.481. The molecule has 1 aliphatic heterocycles. The summed E-state index contributed by atoms with van der Waals surface area (Å²) in [7, 11) is 2.95. The summed E-state index contributed by atoms with van der Waals surface area (Å²) in [5.74, 6) is 0.733. The Labute approximate surface area is 221 Å². The molecule has 3 aromatic rings. The summed E-state index contributed by atoms with van der Waals surface area (Å²) in [6, 6.07) is 7.21. The monoisotopic (exact) mass is 524 g/mol. The first-order valence-electron chi connectivity index (χ1n) is 12.8. The van der Waals surface area contributed by atoms with Gasteiger partial charge in [0.05, 0.1) is 7.11 Å². The zero-order valence-corrected chi connectivity index (χ0v) is 22.5. The van der Waals surface area contributed by atoms with Crippen molar-refractivity contribution in [3.63, 3.8) is 0 Å². The van der Waals surface area contributed by atoms with E-state index < -0.39 is 11.7 Å². The molecule has 1 saturated heterocycles.